The smallest absolute Gasteiger partial charge is 0.329 e. The maximum absolute atomic E-state index is 13.9. The number of nitrogens with zero attached hydrogens (tertiary/aromatic N) is 2. The van der Waals surface area contributed by atoms with Gasteiger partial charge in [-0.2, -0.15) is 0 Å². The first-order chi connectivity index (χ1) is 14.7. The average molecular weight is 453 g/mol. The lowest BCUT2D eigenvalue weighted by Gasteiger charge is -2.20. The van der Waals surface area contributed by atoms with Gasteiger partial charge < -0.3 is 14.6 Å². The molecule has 10 heteroatoms. The van der Waals surface area contributed by atoms with Crippen LogP contribution in [0.1, 0.15) is 18.5 Å². The topological polar surface area (TPSA) is 99.8 Å². The highest BCUT2D eigenvalue weighted by Gasteiger charge is 2.26. The van der Waals surface area contributed by atoms with E-state index in [1.165, 1.54) is 34.4 Å². The SMILES string of the molecule is CCOc1cc(C(CS(C)(=O)=O)n2c(=O)n(CCO)c3cc(F)ccc32)ccc1OC. The van der Waals surface area contributed by atoms with Crippen LogP contribution in [0.4, 0.5) is 4.39 Å². The van der Waals surface area contributed by atoms with E-state index in [2.05, 4.69) is 0 Å². The molecule has 3 rings (SSSR count). The van der Waals surface area contributed by atoms with Crippen molar-refractivity contribution in [3.8, 4) is 11.5 Å². The number of rotatable bonds is 9. The van der Waals surface area contributed by atoms with Crippen LogP contribution in [0, 0.1) is 5.82 Å². The normalized spacial score (nSPS) is 12.8. The second-order valence-electron chi connectivity index (χ2n) is 7.11. The molecule has 0 radical (unpaired) electrons. The lowest BCUT2D eigenvalue weighted by Crippen LogP contribution is -2.32. The van der Waals surface area contributed by atoms with Crippen LogP contribution >= 0.6 is 0 Å². The highest BCUT2D eigenvalue weighted by Crippen LogP contribution is 2.33. The lowest BCUT2D eigenvalue weighted by molar-refractivity contribution is 0.275. The molecule has 0 bridgehead atoms. The van der Waals surface area contributed by atoms with E-state index in [4.69, 9.17) is 9.47 Å². The summed E-state index contributed by atoms with van der Waals surface area (Å²) in [6.45, 7) is 1.79. The molecule has 1 heterocycles. The Balaban J connectivity index is 2.31. The number of aliphatic hydroxyl groups is 1. The van der Waals surface area contributed by atoms with Gasteiger partial charge in [0, 0.05) is 6.26 Å². The maximum atomic E-state index is 13.9. The Morgan fingerprint density at radius 1 is 1.13 bits per heavy atom. The van der Waals surface area contributed by atoms with Gasteiger partial charge in [0.2, 0.25) is 0 Å². The molecule has 0 spiro atoms. The first-order valence-electron chi connectivity index (χ1n) is 9.69. The fraction of sp³-hybridized carbons (Fsp3) is 0.381. The van der Waals surface area contributed by atoms with Gasteiger partial charge in [-0.1, -0.05) is 6.07 Å². The van der Waals surface area contributed by atoms with Gasteiger partial charge in [-0.05, 0) is 42.8 Å². The predicted molar refractivity (Wildman–Crippen MR) is 115 cm³/mol. The number of halogens is 1. The third-order valence-corrected chi connectivity index (χ3v) is 5.81. The van der Waals surface area contributed by atoms with Gasteiger partial charge in [-0.25, -0.2) is 17.6 Å². The Kier molecular flexibility index (Phi) is 6.71. The average Bonchev–Trinajstić information content (AvgIpc) is 2.97. The summed E-state index contributed by atoms with van der Waals surface area (Å²) in [6, 6.07) is 7.89. The van der Waals surface area contributed by atoms with E-state index in [0.717, 1.165) is 6.26 Å². The molecule has 3 aromatic rings. The van der Waals surface area contributed by atoms with Gasteiger partial charge in [-0.15, -0.1) is 0 Å². The Bertz CT molecular complexity index is 1250. The molecule has 1 unspecified atom stereocenters. The van der Waals surface area contributed by atoms with Crippen molar-refractivity contribution < 1.29 is 27.4 Å². The minimum absolute atomic E-state index is 0.0514. The summed E-state index contributed by atoms with van der Waals surface area (Å²) in [5.74, 6) is -0.0143. The van der Waals surface area contributed by atoms with Gasteiger partial charge in [0.05, 0.1) is 49.7 Å². The molecular formula is C21H25FN2O6S. The van der Waals surface area contributed by atoms with Crippen molar-refractivity contribution in [3.05, 3.63) is 58.3 Å². The molecule has 168 valence electrons. The summed E-state index contributed by atoms with van der Waals surface area (Å²) in [7, 11) is -2.03. The first-order valence-corrected chi connectivity index (χ1v) is 11.8. The van der Waals surface area contributed by atoms with Crippen LogP contribution in [0.5, 0.6) is 11.5 Å². The molecule has 0 amide bonds. The highest BCUT2D eigenvalue weighted by atomic mass is 32.2. The molecular weight excluding hydrogens is 427 g/mol. The van der Waals surface area contributed by atoms with Crippen LogP contribution in [-0.4, -0.2) is 55.0 Å². The van der Waals surface area contributed by atoms with Crippen molar-refractivity contribution in [1.29, 1.82) is 0 Å². The molecule has 8 nitrogen and oxygen atoms in total. The van der Waals surface area contributed by atoms with Crippen molar-refractivity contribution in [2.24, 2.45) is 0 Å². The number of imidazole rings is 1. The summed E-state index contributed by atoms with van der Waals surface area (Å²) in [5.41, 5.74) is 0.611. The van der Waals surface area contributed by atoms with E-state index in [9.17, 15) is 22.7 Å². The van der Waals surface area contributed by atoms with E-state index >= 15 is 0 Å². The van der Waals surface area contributed by atoms with Crippen molar-refractivity contribution in [2.45, 2.75) is 19.5 Å². The molecule has 1 atom stereocenters. The number of benzene rings is 2. The van der Waals surface area contributed by atoms with Crippen molar-refractivity contribution >= 4 is 20.9 Å². The maximum Gasteiger partial charge on any atom is 0.329 e. The molecule has 0 aliphatic rings. The van der Waals surface area contributed by atoms with E-state index in [1.54, 1.807) is 18.2 Å². The number of fused-ring (bicyclic) bond motifs is 1. The Labute approximate surface area is 179 Å². The number of methoxy groups -OCH3 is 1. The predicted octanol–water partition coefficient (Wildman–Crippen LogP) is 1.98. The second-order valence-corrected chi connectivity index (χ2v) is 9.30. The van der Waals surface area contributed by atoms with E-state index in [-0.39, 0.29) is 24.4 Å². The number of hydrogen-bond acceptors (Lipinski definition) is 6. The second kappa shape index (κ2) is 9.11. The third-order valence-electron chi connectivity index (χ3n) is 4.89. The zero-order valence-electron chi connectivity index (χ0n) is 17.5. The molecule has 0 saturated carbocycles. The fourth-order valence-electron chi connectivity index (χ4n) is 3.65. The largest absolute Gasteiger partial charge is 0.493 e. The van der Waals surface area contributed by atoms with E-state index in [1.807, 2.05) is 6.92 Å². The van der Waals surface area contributed by atoms with Gasteiger partial charge in [0.15, 0.2) is 11.5 Å². The minimum atomic E-state index is -3.52. The Morgan fingerprint density at radius 2 is 1.87 bits per heavy atom. The third kappa shape index (κ3) is 4.75. The molecule has 0 saturated heterocycles. The molecule has 31 heavy (non-hydrogen) atoms. The number of sulfone groups is 1. The zero-order chi connectivity index (χ0) is 22.8. The zero-order valence-corrected chi connectivity index (χ0v) is 18.4. The Hall–Kier alpha value is -2.85. The fourth-order valence-corrected chi connectivity index (χ4v) is 4.56. The van der Waals surface area contributed by atoms with Crippen LogP contribution in [0.3, 0.4) is 0 Å². The molecule has 2 aromatic carbocycles. The molecule has 1 N–H and O–H groups in total. The summed E-state index contributed by atoms with van der Waals surface area (Å²) >= 11 is 0. The van der Waals surface area contributed by atoms with Crippen LogP contribution in [0.2, 0.25) is 0 Å². The highest BCUT2D eigenvalue weighted by molar-refractivity contribution is 7.90. The van der Waals surface area contributed by atoms with E-state index < -0.39 is 27.4 Å². The Morgan fingerprint density at radius 3 is 2.48 bits per heavy atom. The van der Waals surface area contributed by atoms with Crippen LogP contribution in [-0.2, 0) is 16.4 Å². The standard InChI is InChI=1S/C21H25FN2O6S/c1-4-30-20-11-14(5-8-19(20)29-2)18(13-31(3,27)28)24-16-7-6-15(22)12-17(16)23(9-10-25)21(24)26/h5-8,11-12,18,25H,4,9-10,13H2,1-3H3. The monoisotopic (exact) mass is 452 g/mol. The van der Waals surface area contributed by atoms with Gasteiger partial charge >= 0.3 is 5.69 Å². The van der Waals surface area contributed by atoms with Gasteiger partial charge in [-0.3, -0.25) is 9.13 Å². The lowest BCUT2D eigenvalue weighted by atomic mass is 10.1. The van der Waals surface area contributed by atoms with Crippen molar-refractivity contribution in [1.82, 2.24) is 9.13 Å². The summed E-state index contributed by atoms with van der Waals surface area (Å²) in [5, 5.41) is 9.39. The van der Waals surface area contributed by atoms with Crippen molar-refractivity contribution in [3.63, 3.8) is 0 Å². The quantitative estimate of drug-likeness (QED) is 0.533. The van der Waals surface area contributed by atoms with Gasteiger partial charge in [0.25, 0.3) is 0 Å². The van der Waals surface area contributed by atoms with Gasteiger partial charge in [0.1, 0.15) is 15.7 Å². The number of aliphatic hydroxyl groups excluding tert-OH is 1. The van der Waals surface area contributed by atoms with E-state index in [0.29, 0.717) is 29.2 Å². The number of hydrogen-bond donors (Lipinski definition) is 1. The molecule has 1 aromatic heterocycles. The molecule has 0 fully saturated rings. The summed E-state index contributed by atoms with van der Waals surface area (Å²) in [6.07, 6.45) is 1.09. The van der Waals surface area contributed by atoms with Crippen LogP contribution < -0.4 is 15.2 Å². The first kappa shape index (κ1) is 22.8. The molecule has 0 aliphatic carbocycles. The number of ether oxygens (including phenoxy) is 2. The minimum Gasteiger partial charge on any atom is -0.493 e. The molecule has 0 aliphatic heterocycles. The van der Waals surface area contributed by atoms with Crippen LogP contribution in [0.15, 0.2) is 41.2 Å². The number of aromatic nitrogens is 2. The van der Waals surface area contributed by atoms with Crippen LogP contribution in [0.25, 0.3) is 11.0 Å². The summed E-state index contributed by atoms with van der Waals surface area (Å²) in [4.78, 5) is 13.3. The van der Waals surface area contributed by atoms with Crippen molar-refractivity contribution in [2.75, 3.05) is 32.3 Å². The summed E-state index contributed by atoms with van der Waals surface area (Å²) < 4.78 is 51.9.